The van der Waals surface area contributed by atoms with E-state index in [0.29, 0.717) is 12.2 Å². The molecule has 0 saturated heterocycles. The van der Waals surface area contributed by atoms with E-state index in [0.717, 1.165) is 12.8 Å². The highest BCUT2D eigenvalue weighted by Crippen LogP contribution is 2.14. The maximum Gasteiger partial charge on any atom is 0.313 e. The van der Waals surface area contributed by atoms with Gasteiger partial charge in [-0.2, -0.15) is 0 Å². The van der Waals surface area contributed by atoms with Crippen molar-refractivity contribution in [2.75, 3.05) is 6.61 Å². The molecule has 0 aliphatic rings. The summed E-state index contributed by atoms with van der Waals surface area (Å²) in [7, 11) is 0. The molecule has 1 aromatic rings. The fraction of sp³-hybridized carbons (Fsp3) is 0.690. The van der Waals surface area contributed by atoms with Crippen molar-refractivity contribution in [1.82, 2.24) is 0 Å². The quantitative estimate of drug-likeness (QED) is 0.0763. The number of Topliss-reactive ketones (excluding diaryl/α,β-unsaturated/α-hetero) is 2. The van der Waals surface area contributed by atoms with Crippen molar-refractivity contribution in [2.24, 2.45) is 0 Å². The fourth-order valence-corrected chi connectivity index (χ4v) is 4.02. The molecule has 33 heavy (non-hydrogen) atoms. The minimum atomic E-state index is -0.526. The third-order valence-corrected chi connectivity index (χ3v) is 6.06. The van der Waals surface area contributed by atoms with Crippen LogP contribution in [0.5, 0.6) is 0 Å². The molecule has 0 saturated carbocycles. The molecule has 0 N–H and O–H groups in total. The van der Waals surface area contributed by atoms with Crippen molar-refractivity contribution in [2.45, 2.75) is 122 Å². The highest BCUT2D eigenvalue weighted by molar-refractivity contribution is 6.11. The van der Waals surface area contributed by atoms with E-state index in [1.807, 2.05) is 6.07 Å². The van der Waals surface area contributed by atoms with E-state index < -0.39 is 5.97 Å². The average molecular weight is 459 g/mol. The molecule has 0 amide bonds. The van der Waals surface area contributed by atoms with Crippen molar-refractivity contribution >= 4 is 17.5 Å². The molecule has 0 spiro atoms. The van der Waals surface area contributed by atoms with Gasteiger partial charge in [0.25, 0.3) is 0 Å². The number of ether oxygens (including phenoxy) is 1. The molecule has 4 nitrogen and oxygen atoms in total. The molecule has 0 aromatic heterocycles. The highest BCUT2D eigenvalue weighted by Gasteiger charge is 2.15. The van der Waals surface area contributed by atoms with Crippen LogP contribution in [0.3, 0.4) is 0 Å². The van der Waals surface area contributed by atoms with Crippen molar-refractivity contribution in [3.63, 3.8) is 0 Å². The molecule has 0 atom stereocenters. The third-order valence-electron chi connectivity index (χ3n) is 6.06. The summed E-state index contributed by atoms with van der Waals surface area (Å²) in [5.41, 5.74) is 0.493. The van der Waals surface area contributed by atoms with Crippen LogP contribution in [0.1, 0.15) is 133 Å². The van der Waals surface area contributed by atoms with Crippen LogP contribution in [0.2, 0.25) is 0 Å². The number of ketones is 2. The number of hydrogen-bond acceptors (Lipinski definition) is 4. The van der Waals surface area contributed by atoms with E-state index in [-0.39, 0.29) is 24.4 Å². The zero-order valence-corrected chi connectivity index (χ0v) is 21.0. The van der Waals surface area contributed by atoms with Crippen molar-refractivity contribution in [3.05, 3.63) is 35.9 Å². The number of unbranched alkanes of at least 4 members (excludes halogenated alkanes) is 15. The maximum absolute atomic E-state index is 12.0. The molecule has 1 aromatic carbocycles. The first kappa shape index (κ1) is 29.1. The number of hydrogen-bond donors (Lipinski definition) is 0. The Morgan fingerprint density at radius 2 is 1.06 bits per heavy atom. The predicted molar refractivity (Wildman–Crippen MR) is 136 cm³/mol. The molecule has 0 unspecified atom stereocenters. The molecular weight excluding hydrogens is 412 g/mol. The van der Waals surface area contributed by atoms with Crippen LogP contribution in [-0.2, 0) is 14.3 Å². The Kier molecular flexibility index (Phi) is 18.2. The monoisotopic (exact) mass is 458 g/mol. The Bertz CT molecular complexity index is 638. The van der Waals surface area contributed by atoms with Gasteiger partial charge in [-0.1, -0.05) is 134 Å². The lowest BCUT2D eigenvalue weighted by atomic mass is 10.0. The second kappa shape index (κ2) is 20.6. The van der Waals surface area contributed by atoms with E-state index in [4.69, 9.17) is 4.74 Å². The summed E-state index contributed by atoms with van der Waals surface area (Å²) in [6, 6.07) is 8.67. The minimum Gasteiger partial charge on any atom is -0.465 e. The van der Waals surface area contributed by atoms with E-state index in [9.17, 15) is 14.4 Å². The summed E-state index contributed by atoms with van der Waals surface area (Å²) in [6.07, 6.45) is 20.2. The molecule has 1 rings (SSSR count). The number of esters is 1. The standard InChI is InChI=1S/C29H46O4/c1-2-3-4-5-6-7-8-9-10-11-12-13-14-15-16-20-23-33-29(32)25-27(30)24-28(31)26-21-18-17-19-22-26/h17-19,21-22H,2-16,20,23-25H2,1H3. The Morgan fingerprint density at radius 1 is 0.606 bits per heavy atom. The minimum absolute atomic E-state index is 0.252. The van der Waals surface area contributed by atoms with Crippen LogP contribution in [0.25, 0.3) is 0 Å². The van der Waals surface area contributed by atoms with Crippen LogP contribution in [0.15, 0.2) is 30.3 Å². The Balaban J connectivity index is 1.85. The summed E-state index contributed by atoms with van der Waals surface area (Å²) < 4.78 is 5.15. The number of rotatable bonds is 22. The number of carbonyl (C=O) groups excluding carboxylic acids is 3. The topological polar surface area (TPSA) is 60.4 Å². The number of carbonyl (C=O) groups is 3. The van der Waals surface area contributed by atoms with Gasteiger partial charge in [0.1, 0.15) is 6.42 Å². The predicted octanol–water partition coefficient (Wildman–Crippen LogP) is 8.02. The molecule has 186 valence electrons. The van der Waals surface area contributed by atoms with Crippen LogP contribution >= 0.6 is 0 Å². The van der Waals surface area contributed by atoms with E-state index in [1.54, 1.807) is 24.3 Å². The Labute approximate surface area is 201 Å². The summed E-state index contributed by atoms with van der Waals surface area (Å²) in [5, 5.41) is 0. The highest BCUT2D eigenvalue weighted by atomic mass is 16.5. The Hall–Kier alpha value is -1.97. The molecule has 0 aliphatic heterocycles. The van der Waals surface area contributed by atoms with Gasteiger partial charge in [0.05, 0.1) is 13.0 Å². The summed E-state index contributed by atoms with van der Waals surface area (Å²) in [5.74, 6) is -1.17. The second-order valence-corrected chi connectivity index (χ2v) is 9.21. The van der Waals surface area contributed by atoms with E-state index >= 15 is 0 Å². The molecule has 0 radical (unpaired) electrons. The van der Waals surface area contributed by atoms with E-state index in [1.165, 1.54) is 89.9 Å². The van der Waals surface area contributed by atoms with Crippen LogP contribution in [0, 0.1) is 0 Å². The normalized spacial score (nSPS) is 10.8. The number of benzene rings is 1. The van der Waals surface area contributed by atoms with Gasteiger partial charge < -0.3 is 4.74 Å². The first-order valence-electron chi connectivity index (χ1n) is 13.4. The lowest BCUT2D eigenvalue weighted by Gasteiger charge is -2.05. The molecule has 0 fully saturated rings. The van der Waals surface area contributed by atoms with Crippen molar-refractivity contribution < 1.29 is 19.1 Å². The van der Waals surface area contributed by atoms with Gasteiger partial charge >= 0.3 is 5.97 Å². The molecule has 0 aliphatic carbocycles. The van der Waals surface area contributed by atoms with Gasteiger partial charge in [0, 0.05) is 5.56 Å². The van der Waals surface area contributed by atoms with Crippen LogP contribution in [-0.4, -0.2) is 24.1 Å². The van der Waals surface area contributed by atoms with Crippen molar-refractivity contribution in [1.29, 1.82) is 0 Å². The molecule has 0 heterocycles. The molecule has 4 heteroatoms. The van der Waals surface area contributed by atoms with Crippen LogP contribution < -0.4 is 0 Å². The molecular formula is C29H46O4. The lowest BCUT2D eigenvalue weighted by Crippen LogP contribution is -2.15. The van der Waals surface area contributed by atoms with Gasteiger partial charge in [-0.25, -0.2) is 0 Å². The third kappa shape index (κ3) is 17.2. The van der Waals surface area contributed by atoms with Gasteiger partial charge in [0.2, 0.25) is 0 Å². The van der Waals surface area contributed by atoms with Gasteiger partial charge in [-0.3, -0.25) is 14.4 Å². The molecule has 0 bridgehead atoms. The largest absolute Gasteiger partial charge is 0.465 e. The smallest absolute Gasteiger partial charge is 0.313 e. The average Bonchev–Trinajstić information content (AvgIpc) is 2.81. The maximum atomic E-state index is 12.0. The summed E-state index contributed by atoms with van der Waals surface area (Å²) >= 11 is 0. The first-order valence-corrected chi connectivity index (χ1v) is 13.4. The zero-order valence-electron chi connectivity index (χ0n) is 21.0. The van der Waals surface area contributed by atoms with E-state index in [2.05, 4.69) is 6.92 Å². The van der Waals surface area contributed by atoms with Crippen LogP contribution in [0.4, 0.5) is 0 Å². The SMILES string of the molecule is CCCCCCCCCCCCCCCCCCOC(=O)CC(=O)CC(=O)c1ccccc1. The lowest BCUT2D eigenvalue weighted by molar-refractivity contribution is -0.146. The first-order chi connectivity index (χ1) is 16.1. The summed E-state index contributed by atoms with van der Waals surface area (Å²) in [6.45, 7) is 2.63. The Morgan fingerprint density at radius 3 is 1.55 bits per heavy atom. The van der Waals surface area contributed by atoms with Crippen molar-refractivity contribution in [3.8, 4) is 0 Å². The van der Waals surface area contributed by atoms with Gasteiger partial charge in [-0.05, 0) is 6.42 Å². The van der Waals surface area contributed by atoms with Gasteiger partial charge in [-0.15, -0.1) is 0 Å². The second-order valence-electron chi connectivity index (χ2n) is 9.21. The van der Waals surface area contributed by atoms with Gasteiger partial charge in [0.15, 0.2) is 11.6 Å². The fourth-order valence-electron chi connectivity index (χ4n) is 4.02. The summed E-state index contributed by atoms with van der Waals surface area (Å²) in [4.78, 5) is 35.7. The zero-order chi connectivity index (χ0) is 24.0.